The number of benzene rings is 1. The van der Waals surface area contributed by atoms with Crippen LogP contribution in [0.4, 0.5) is 0 Å². The van der Waals surface area contributed by atoms with E-state index in [0.717, 1.165) is 5.56 Å². The number of esters is 1. The third-order valence-electron chi connectivity index (χ3n) is 4.23. The Morgan fingerprint density at radius 3 is 2.62 bits per heavy atom. The summed E-state index contributed by atoms with van der Waals surface area (Å²) in [5, 5.41) is 0. The highest BCUT2D eigenvalue weighted by Gasteiger charge is 2.28. The van der Waals surface area contributed by atoms with Gasteiger partial charge in [-0.05, 0) is 25.8 Å². The van der Waals surface area contributed by atoms with E-state index in [1.54, 1.807) is 11.8 Å². The third kappa shape index (κ3) is 4.51. The minimum Gasteiger partial charge on any atom is -0.481 e. The van der Waals surface area contributed by atoms with Gasteiger partial charge in [0.05, 0.1) is 5.92 Å². The number of terminal acetylenes is 1. The van der Waals surface area contributed by atoms with E-state index in [1.165, 1.54) is 0 Å². The van der Waals surface area contributed by atoms with E-state index in [2.05, 4.69) is 5.92 Å². The van der Waals surface area contributed by atoms with Crippen molar-refractivity contribution in [2.75, 3.05) is 19.7 Å². The van der Waals surface area contributed by atoms with E-state index in [0.29, 0.717) is 31.7 Å². The Kier molecular flexibility index (Phi) is 6.25. The summed E-state index contributed by atoms with van der Waals surface area (Å²) in [6.45, 7) is 4.74. The average Bonchev–Trinajstić information content (AvgIpc) is 2.60. The number of carbonyl (C=O) groups is 2. The molecule has 0 radical (unpaired) electrons. The predicted molar refractivity (Wildman–Crippen MR) is 90.3 cm³/mol. The van der Waals surface area contributed by atoms with Gasteiger partial charge in [-0.15, -0.1) is 6.42 Å². The van der Waals surface area contributed by atoms with Gasteiger partial charge in [-0.3, -0.25) is 9.59 Å². The molecule has 5 nitrogen and oxygen atoms in total. The molecule has 1 unspecified atom stereocenters. The molecule has 0 aliphatic carbocycles. The lowest BCUT2D eigenvalue weighted by Crippen LogP contribution is -2.39. The van der Waals surface area contributed by atoms with Gasteiger partial charge in [-0.1, -0.05) is 24.1 Å². The average molecular weight is 329 g/mol. The van der Waals surface area contributed by atoms with Crippen LogP contribution in [0.3, 0.4) is 0 Å². The summed E-state index contributed by atoms with van der Waals surface area (Å²) in [6.07, 6.45) is 6.08. The Balaban J connectivity index is 1.95. The summed E-state index contributed by atoms with van der Waals surface area (Å²) < 4.78 is 11.1. The molecular formula is C19H23NO4. The zero-order chi connectivity index (χ0) is 17.5. The number of nitrogens with zero attached hydrogens (tertiary/aromatic N) is 1. The Morgan fingerprint density at radius 1 is 1.33 bits per heavy atom. The molecule has 1 amide bonds. The Morgan fingerprint density at radius 2 is 2.00 bits per heavy atom. The summed E-state index contributed by atoms with van der Waals surface area (Å²) in [7, 11) is 0. The standard InChI is InChI=1S/C19H23NO4/c1-4-13-23-18-8-6-5-7-17(18)14(2)24-19(22)16-9-11-20(12-10-16)15(3)21/h1,5-8,14,16H,9-13H2,2-3H3. The van der Waals surface area contributed by atoms with Crippen LogP contribution in [0.15, 0.2) is 24.3 Å². The molecule has 5 heteroatoms. The van der Waals surface area contributed by atoms with E-state index in [9.17, 15) is 9.59 Å². The number of amides is 1. The largest absolute Gasteiger partial charge is 0.481 e. The maximum atomic E-state index is 12.4. The second-order valence-electron chi connectivity index (χ2n) is 5.89. The van der Waals surface area contributed by atoms with Crippen molar-refractivity contribution in [1.29, 1.82) is 0 Å². The molecule has 0 saturated carbocycles. The Bertz CT molecular complexity index is 626. The van der Waals surface area contributed by atoms with E-state index < -0.39 is 6.10 Å². The van der Waals surface area contributed by atoms with Crippen molar-refractivity contribution in [3.8, 4) is 18.1 Å². The van der Waals surface area contributed by atoms with Crippen molar-refractivity contribution in [2.24, 2.45) is 5.92 Å². The van der Waals surface area contributed by atoms with Crippen LogP contribution in [0.1, 0.15) is 38.4 Å². The Labute approximate surface area is 142 Å². The number of likely N-dealkylation sites (tertiary alicyclic amines) is 1. The van der Waals surface area contributed by atoms with Crippen molar-refractivity contribution < 1.29 is 19.1 Å². The van der Waals surface area contributed by atoms with Crippen LogP contribution in [-0.2, 0) is 14.3 Å². The molecule has 0 N–H and O–H groups in total. The summed E-state index contributed by atoms with van der Waals surface area (Å²) in [5.74, 6) is 2.71. The van der Waals surface area contributed by atoms with Crippen molar-refractivity contribution in [1.82, 2.24) is 4.90 Å². The zero-order valence-corrected chi connectivity index (χ0v) is 14.2. The number of para-hydroxylation sites is 1. The van der Waals surface area contributed by atoms with Crippen LogP contribution >= 0.6 is 0 Å². The molecule has 24 heavy (non-hydrogen) atoms. The van der Waals surface area contributed by atoms with Crippen LogP contribution in [0.2, 0.25) is 0 Å². The molecule has 1 atom stereocenters. The van der Waals surface area contributed by atoms with Gasteiger partial charge in [0.1, 0.15) is 18.5 Å². The number of carbonyl (C=O) groups excluding carboxylic acids is 2. The summed E-state index contributed by atoms with van der Waals surface area (Å²) >= 11 is 0. The minimum absolute atomic E-state index is 0.0507. The van der Waals surface area contributed by atoms with Crippen molar-refractivity contribution in [2.45, 2.75) is 32.8 Å². The highest BCUT2D eigenvalue weighted by molar-refractivity contribution is 5.75. The van der Waals surface area contributed by atoms with E-state index in [-0.39, 0.29) is 24.4 Å². The van der Waals surface area contributed by atoms with Gasteiger partial charge in [-0.25, -0.2) is 0 Å². The van der Waals surface area contributed by atoms with Gasteiger partial charge in [0, 0.05) is 25.6 Å². The summed E-state index contributed by atoms with van der Waals surface area (Å²) in [6, 6.07) is 7.39. The maximum Gasteiger partial charge on any atom is 0.309 e. The molecule has 128 valence electrons. The molecule has 1 aromatic rings. The first-order valence-electron chi connectivity index (χ1n) is 8.14. The molecule has 1 saturated heterocycles. The lowest BCUT2D eigenvalue weighted by molar-refractivity contribution is -0.156. The predicted octanol–water partition coefficient (Wildman–Crippen LogP) is 2.56. The summed E-state index contributed by atoms with van der Waals surface area (Å²) in [5.41, 5.74) is 0.794. The van der Waals surface area contributed by atoms with E-state index >= 15 is 0 Å². The second-order valence-corrected chi connectivity index (χ2v) is 5.89. The Hall–Kier alpha value is -2.48. The first kappa shape index (κ1) is 17.9. The zero-order valence-electron chi connectivity index (χ0n) is 14.2. The van der Waals surface area contributed by atoms with Crippen LogP contribution in [0, 0.1) is 18.3 Å². The van der Waals surface area contributed by atoms with Crippen molar-refractivity contribution >= 4 is 11.9 Å². The maximum absolute atomic E-state index is 12.4. The lowest BCUT2D eigenvalue weighted by atomic mass is 9.97. The van der Waals surface area contributed by atoms with Gasteiger partial charge in [0.2, 0.25) is 5.91 Å². The number of hydrogen-bond acceptors (Lipinski definition) is 4. The van der Waals surface area contributed by atoms with Gasteiger partial charge in [0.25, 0.3) is 0 Å². The molecule has 1 aliphatic rings. The van der Waals surface area contributed by atoms with Crippen LogP contribution in [0.5, 0.6) is 5.75 Å². The smallest absolute Gasteiger partial charge is 0.309 e. The number of rotatable bonds is 5. The van der Waals surface area contributed by atoms with Crippen molar-refractivity contribution in [3.05, 3.63) is 29.8 Å². The van der Waals surface area contributed by atoms with Crippen LogP contribution < -0.4 is 4.74 Å². The van der Waals surface area contributed by atoms with Crippen molar-refractivity contribution in [3.63, 3.8) is 0 Å². The normalized spacial score (nSPS) is 16.1. The second kappa shape index (κ2) is 8.39. The van der Waals surface area contributed by atoms with Crippen LogP contribution in [0.25, 0.3) is 0 Å². The molecule has 1 heterocycles. The van der Waals surface area contributed by atoms with Crippen LogP contribution in [-0.4, -0.2) is 36.5 Å². The number of ether oxygens (including phenoxy) is 2. The van der Waals surface area contributed by atoms with Gasteiger partial charge in [-0.2, -0.15) is 0 Å². The SMILES string of the molecule is C#CCOc1ccccc1C(C)OC(=O)C1CCN(C(C)=O)CC1. The number of piperidine rings is 1. The lowest BCUT2D eigenvalue weighted by Gasteiger charge is -2.30. The molecule has 0 spiro atoms. The van der Waals surface area contributed by atoms with Gasteiger partial charge < -0.3 is 14.4 Å². The summed E-state index contributed by atoms with van der Waals surface area (Å²) in [4.78, 5) is 25.5. The molecule has 0 aromatic heterocycles. The van der Waals surface area contributed by atoms with E-state index in [4.69, 9.17) is 15.9 Å². The fourth-order valence-corrected chi connectivity index (χ4v) is 2.83. The molecule has 0 bridgehead atoms. The molecule has 2 rings (SSSR count). The van der Waals surface area contributed by atoms with E-state index in [1.807, 2.05) is 31.2 Å². The monoisotopic (exact) mass is 329 g/mol. The first-order chi connectivity index (χ1) is 11.5. The van der Waals surface area contributed by atoms with Gasteiger partial charge in [0.15, 0.2) is 0 Å². The van der Waals surface area contributed by atoms with Gasteiger partial charge >= 0.3 is 5.97 Å². The number of hydrogen-bond donors (Lipinski definition) is 0. The quantitative estimate of drug-likeness (QED) is 0.615. The highest BCUT2D eigenvalue weighted by Crippen LogP contribution is 2.29. The topological polar surface area (TPSA) is 55.8 Å². The molecule has 1 fully saturated rings. The highest BCUT2D eigenvalue weighted by atomic mass is 16.5. The molecule has 1 aromatic carbocycles. The first-order valence-corrected chi connectivity index (χ1v) is 8.14. The molecular weight excluding hydrogens is 306 g/mol. The molecule has 1 aliphatic heterocycles. The fourth-order valence-electron chi connectivity index (χ4n) is 2.83. The third-order valence-corrected chi connectivity index (χ3v) is 4.23. The fraction of sp³-hybridized carbons (Fsp3) is 0.474. The minimum atomic E-state index is -0.419.